The number of aromatic nitrogens is 2. The summed E-state index contributed by atoms with van der Waals surface area (Å²) in [5.74, 6) is 2.04. The Morgan fingerprint density at radius 2 is 1.86 bits per heavy atom. The van der Waals surface area contributed by atoms with Crippen LogP contribution in [-0.2, 0) is 0 Å². The van der Waals surface area contributed by atoms with Gasteiger partial charge in [0.1, 0.15) is 17.8 Å². The van der Waals surface area contributed by atoms with Gasteiger partial charge in [-0.1, -0.05) is 13.3 Å². The van der Waals surface area contributed by atoms with Crippen LogP contribution in [0, 0.1) is 0 Å². The molecule has 0 spiro atoms. The van der Waals surface area contributed by atoms with E-state index in [-0.39, 0.29) is 0 Å². The van der Waals surface area contributed by atoms with Crippen molar-refractivity contribution in [2.24, 2.45) is 0 Å². The summed E-state index contributed by atoms with van der Waals surface area (Å²) >= 11 is 0. The number of benzene rings is 1. The highest BCUT2D eigenvalue weighted by Crippen LogP contribution is 2.26. The molecule has 6 heteroatoms. The number of hydrogen-bond acceptors (Lipinski definition) is 6. The third-order valence-corrected chi connectivity index (χ3v) is 3.00. The second-order valence-corrected chi connectivity index (χ2v) is 4.59. The van der Waals surface area contributed by atoms with Gasteiger partial charge in [-0.2, -0.15) is 0 Å². The Bertz CT molecular complexity index is 571. The van der Waals surface area contributed by atoms with E-state index in [0.29, 0.717) is 17.3 Å². The van der Waals surface area contributed by atoms with Crippen molar-refractivity contribution in [3.63, 3.8) is 0 Å². The molecule has 21 heavy (non-hydrogen) atoms. The summed E-state index contributed by atoms with van der Waals surface area (Å²) in [6.07, 6.45) is 3.65. The molecule has 0 aliphatic rings. The van der Waals surface area contributed by atoms with Crippen LogP contribution in [0.3, 0.4) is 0 Å². The zero-order chi connectivity index (χ0) is 15.1. The molecular formula is C15H21N5O. The fourth-order valence-electron chi connectivity index (χ4n) is 1.80. The van der Waals surface area contributed by atoms with Crippen molar-refractivity contribution in [2.45, 2.75) is 19.8 Å². The number of hydrogen-bond donors (Lipinski definition) is 3. The monoisotopic (exact) mass is 287 g/mol. The van der Waals surface area contributed by atoms with Crippen molar-refractivity contribution in [3.05, 3.63) is 30.6 Å². The first-order valence-corrected chi connectivity index (χ1v) is 7.02. The Morgan fingerprint density at radius 1 is 1.14 bits per heavy atom. The average Bonchev–Trinajstić information content (AvgIpc) is 2.51. The molecule has 0 radical (unpaired) electrons. The minimum Gasteiger partial charge on any atom is -0.494 e. The molecule has 0 saturated heterocycles. The predicted octanol–water partition coefficient (Wildman–Crippen LogP) is 3.02. The largest absolute Gasteiger partial charge is 0.494 e. The first kappa shape index (κ1) is 14.9. The second-order valence-electron chi connectivity index (χ2n) is 4.59. The summed E-state index contributed by atoms with van der Waals surface area (Å²) < 4.78 is 5.62. The number of nitrogen functional groups attached to an aromatic ring is 1. The highest BCUT2D eigenvalue weighted by Gasteiger charge is 2.06. The number of rotatable bonds is 7. The van der Waals surface area contributed by atoms with Gasteiger partial charge in [0, 0.05) is 12.7 Å². The smallest absolute Gasteiger partial charge is 0.159 e. The lowest BCUT2D eigenvalue weighted by molar-refractivity contribution is 0.309. The van der Waals surface area contributed by atoms with Crippen molar-refractivity contribution < 1.29 is 4.74 Å². The van der Waals surface area contributed by atoms with E-state index in [0.717, 1.165) is 30.9 Å². The molecule has 0 amide bonds. The molecular weight excluding hydrogens is 266 g/mol. The van der Waals surface area contributed by atoms with Gasteiger partial charge in [0.25, 0.3) is 0 Å². The summed E-state index contributed by atoms with van der Waals surface area (Å²) in [6.45, 7) is 2.88. The normalized spacial score (nSPS) is 10.2. The summed E-state index contributed by atoms with van der Waals surface area (Å²) in [7, 11) is 1.77. The third kappa shape index (κ3) is 3.98. The van der Waals surface area contributed by atoms with Crippen LogP contribution in [0.1, 0.15) is 19.8 Å². The quantitative estimate of drug-likeness (QED) is 0.679. The Balaban J connectivity index is 2.03. The first-order chi connectivity index (χ1) is 10.2. The Labute approximate surface area is 124 Å². The van der Waals surface area contributed by atoms with Gasteiger partial charge in [-0.15, -0.1) is 0 Å². The molecule has 0 fully saturated rings. The van der Waals surface area contributed by atoms with Crippen LogP contribution < -0.4 is 21.1 Å². The van der Waals surface area contributed by atoms with Crippen LogP contribution in [0.25, 0.3) is 0 Å². The van der Waals surface area contributed by atoms with Crippen molar-refractivity contribution in [3.8, 4) is 5.75 Å². The van der Waals surface area contributed by atoms with E-state index in [1.165, 1.54) is 6.33 Å². The number of ether oxygens (including phenoxy) is 1. The highest BCUT2D eigenvalue weighted by molar-refractivity contribution is 5.77. The molecule has 0 saturated carbocycles. The van der Waals surface area contributed by atoms with Crippen LogP contribution in [-0.4, -0.2) is 23.6 Å². The number of nitrogens with one attached hydrogen (secondary N) is 2. The van der Waals surface area contributed by atoms with Crippen LogP contribution in [0.2, 0.25) is 0 Å². The van der Waals surface area contributed by atoms with Crippen LogP contribution in [0.15, 0.2) is 30.6 Å². The van der Waals surface area contributed by atoms with E-state index in [9.17, 15) is 0 Å². The molecule has 1 heterocycles. The summed E-state index contributed by atoms with van der Waals surface area (Å²) in [4.78, 5) is 8.19. The van der Waals surface area contributed by atoms with Gasteiger partial charge in [0.05, 0.1) is 6.61 Å². The van der Waals surface area contributed by atoms with Crippen molar-refractivity contribution in [1.29, 1.82) is 0 Å². The minimum atomic E-state index is 0.489. The summed E-state index contributed by atoms with van der Waals surface area (Å²) in [5.41, 5.74) is 7.36. The molecule has 6 nitrogen and oxygen atoms in total. The zero-order valence-electron chi connectivity index (χ0n) is 12.4. The molecule has 2 aromatic rings. The summed E-state index contributed by atoms with van der Waals surface area (Å²) in [5, 5.41) is 6.09. The molecule has 0 bridgehead atoms. The molecule has 0 aliphatic carbocycles. The maximum atomic E-state index is 5.98. The fraction of sp³-hybridized carbons (Fsp3) is 0.333. The molecule has 0 aliphatic heterocycles. The maximum absolute atomic E-state index is 5.98. The van der Waals surface area contributed by atoms with E-state index < -0.39 is 0 Å². The van der Waals surface area contributed by atoms with E-state index >= 15 is 0 Å². The maximum Gasteiger partial charge on any atom is 0.159 e. The van der Waals surface area contributed by atoms with Gasteiger partial charge in [0.2, 0.25) is 0 Å². The first-order valence-electron chi connectivity index (χ1n) is 7.02. The molecule has 112 valence electrons. The van der Waals surface area contributed by atoms with E-state index in [1.807, 2.05) is 24.3 Å². The van der Waals surface area contributed by atoms with Crippen molar-refractivity contribution in [2.75, 3.05) is 30.0 Å². The number of anilines is 4. The van der Waals surface area contributed by atoms with E-state index in [4.69, 9.17) is 10.5 Å². The lowest BCUT2D eigenvalue weighted by atomic mass is 10.3. The SMILES string of the molecule is CCCCOc1ccc(Nc2ncnc(NC)c2N)cc1. The molecule has 1 aromatic carbocycles. The number of unbranched alkanes of at least 4 members (excludes halogenated alkanes) is 1. The zero-order valence-corrected chi connectivity index (χ0v) is 12.4. The lowest BCUT2D eigenvalue weighted by Crippen LogP contribution is -2.05. The summed E-state index contributed by atoms with van der Waals surface area (Å²) in [6, 6.07) is 7.71. The van der Waals surface area contributed by atoms with E-state index in [2.05, 4.69) is 27.5 Å². The predicted molar refractivity (Wildman–Crippen MR) is 86.1 cm³/mol. The van der Waals surface area contributed by atoms with Gasteiger partial charge in [-0.3, -0.25) is 0 Å². The van der Waals surface area contributed by atoms with Gasteiger partial charge in [-0.05, 0) is 30.7 Å². The van der Waals surface area contributed by atoms with Gasteiger partial charge in [0.15, 0.2) is 11.6 Å². The minimum absolute atomic E-state index is 0.489. The standard InChI is InChI=1S/C15H21N5O/c1-3-4-9-21-12-7-5-11(6-8-12)20-15-13(16)14(17-2)18-10-19-15/h5-8,10H,3-4,9,16H2,1-2H3,(H2,17,18,19,20). The van der Waals surface area contributed by atoms with Gasteiger partial charge in [-0.25, -0.2) is 9.97 Å². The molecule has 0 atom stereocenters. The molecule has 0 unspecified atom stereocenters. The third-order valence-electron chi connectivity index (χ3n) is 3.00. The molecule has 2 rings (SSSR count). The fourth-order valence-corrected chi connectivity index (χ4v) is 1.80. The van der Waals surface area contributed by atoms with Crippen molar-refractivity contribution >= 4 is 23.0 Å². The Hall–Kier alpha value is -2.50. The average molecular weight is 287 g/mol. The Morgan fingerprint density at radius 3 is 2.52 bits per heavy atom. The highest BCUT2D eigenvalue weighted by atomic mass is 16.5. The second kappa shape index (κ2) is 7.33. The van der Waals surface area contributed by atoms with Crippen molar-refractivity contribution in [1.82, 2.24) is 9.97 Å². The van der Waals surface area contributed by atoms with Crippen LogP contribution in [0.4, 0.5) is 23.0 Å². The lowest BCUT2D eigenvalue weighted by Gasteiger charge is -2.11. The number of nitrogens with zero attached hydrogens (tertiary/aromatic N) is 2. The van der Waals surface area contributed by atoms with Gasteiger partial charge >= 0.3 is 0 Å². The molecule has 4 N–H and O–H groups in total. The Kier molecular flexibility index (Phi) is 5.20. The van der Waals surface area contributed by atoms with E-state index in [1.54, 1.807) is 7.05 Å². The van der Waals surface area contributed by atoms with Gasteiger partial charge < -0.3 is 21.1 Å². The molecule has 1 aromatic heterocycles. The van der Waals surface area contributed by atoms with Crippen LogP contribution >= 0.6 is 0 Å². The number of nitrogens with two attached hydrogens (primary N) is 1. The van der Waals surface area contributed by atoms with Crippen LogP contribution in [0.5, 0.6) is 5.75 Å². The topological polar surface area (TPSA) is 85.1 Å².